The highest BCUT2D eigenvalue weighted by atomic mass is 35.5. The third-order valence-corrected chi connectivity index (χ3v) is 4.78. The van der Waals surface area contributed by atoms with Gasteiger partial charge in [-0.15, -0.1) is 0 Å². The predicted molar refractivity (Wildman–Crippen MR) is 105 cm³/mol. The molecule has 2 aromatic carbocycles. The van der Waals surface area contributed by atoms with Crippen molar-refractivity contribution in [3.8, 4) is 5.75 Å². The Labute approximate surface area is 160 Å². The van der Waals surface area contributed by atoms with E-state index in [9.17, 15) is 4.79 Å². The van der Waals surface area contributed by atoms with E-state index in [4.69, 9.17) is 21.1 Å². The molecule has 0 unspecified atom stereocenters. The average Bonchev–Trinajstić information content (AvgIpc) is 3.09. The molecule has 0 radical (unpaired) electrons. The first-order valence-corrected chi connectivity index (χ1v) is 8.85. The second-order valence-electron chi connectivity index (χ2n) is 6.19. The van der Waals surface area contributed by atoms with Crippen LogP contribution >= 0.6 is 11.6 Å². The van der Waals surface area contributed by atoms with Crippen molar-refractivity contribution in [3.05, 3.63) is 71.0 Å². The monoisotopic (exact) mass is 380 g/mol. The lowest BCUT2D eigenvalue weighted by Gasteiger charge is -2.08. The Hall–Kier alpha value is -3.05. The summed E-state index contributed by atoms with van der Waals surface area (Å²) in [6.07, 6.45) is 2.03. The van der Waals surface area contributed by atoms with Crippen LogP contribution in [-0.4, -0.2) is 23.0 Å². The van der Waals surface area contributed by atoms with Crippen LogP contribution in [-0.2, 0) is 22.6 Å². The van der Waals surface area contributed by atoms with E-state index in [-0.39, 0.29) is 19.0 Å². The number of para-hydroxylation sites is 1. The topological polar surface area (TPSA) is 64.2 Å². The summed E-state index contributed by atoms with van der Waals surface area (Å²) in [6, 6.07) is 15.3. The van der Waals surface area contributed by atoms with Crippen molar-refractivity contribution >= 4 is 39.4 Å². The minimum absolute atomic E-state index is 0.0784. The van der Waals surface area contributed by atoms with E-state index in [1.165, 1.54) is 0 Å². The molecule has 0 amide bonds. The number of nitrogens with one attached hydrogen (secondary N) is 1. The Morgan fingerprint density at radius 1 is 1.15 bits per heavy atom. The van der Waals surface area contributed by atoms with Crippen LogP contribution in [0.4, 0.5) is 0 Å². The van der Waals surface area contributed by atoms with E-state index in [0.717, 1.165) is 27.4 Å². The lowest BCUT2D eigenvalue weighted by Crippen LogP contribution is -2.08. The fourth-order valence-electron chi connectivity index (χ4n) is 3.04. The zero-order chi connectivity index (χ0) is 18.8. The molecular formula is C21H17ClN2O3. The van der Waals surface area contributed by atoms with Gasteiger partial charge in [0, 0.05) is 34.1 Å². The molecule has 136 valence electrons. The van der Waals surface area contributed by atoms with E-state index < -0.39 is 0 Å². The molecule has 0 fully saturated rings. The van der Waals surface area contributed by atoms with Crippen molar-refractivity contribution in [3.63, 3.8) is 0 Å². The Morgan fingerprint density at radius 3 is 2.85 bits per heavy atom. The van der Waals surface area contributed by atoms with E-state index in [2.05, 4.69) is 9.97 Å². The number of benzene rings is 2. The van der Waals surface area contributed by atoms with Crippen LogP contribution in [0.25, 0.3) is 21.8 Å². The fourth-order valence-corrected chi connectivity index (χ4v) is 3.24. The van der Waals surface area contributed by atoms with Gasteiger partial charge >= 0.3 is 5.97 Å². The maximum absolute atomic E-state index is 12.3. The van der Waals surface area contributed by atoms with Gasteiger partial charge in [-0.25, -0.2) is 4.98 Å². The number of aromatic amines is 1. The van der Waals surface area contributed by atoms with Gasteiger partial charge in [0.25, 0.3) is 0 Å². The Balaban J connectivity index is 1.47. The normalized spacial score (nSPS) is 11.0. The van der Waals surface area contributed by atoms with Crippen LogP contribution in [0.1, 0.15) is 11.1 Å². The standard InChI is InChI=1S/C21H17ClN2O3/c1-26-16-7-6-13-8-15(21(22)24-19(13)10-16)12-27-20(25)9-14-11-23-18-5-3-2-4-17(14)18/h2-8,10-11,23H,9,12H2,1H3. The number of hydrogen-bond acceptors (Lipinski definition) is 4. The first-order valence-electron chi connectivity index (χ1n) is 8.48. The second-order valence-corrected chi connectivity index (χ2v) is 6.55. The summed E-state index contributed by atoms with van der Waals surface area (Å²) >= 11 is 6.25. The maximum Gasteiger partial charge on any atom is 0.310 e. The number of rotatable bonds is 5. The lowest BCUT2D eigenvalue weighted by molar-refractivity contribution is -0.144. The highest BCUT2D eigenvalue weighted by molar-refractivity contribution is 6.30. The highest BCUT2D eigenvalue weighted by Gasteiger charge is 2.12. The Bertz CT molecular complexity index is 1140. The summed E-state index contributed by atoms with van der Waals surface area (Å²) in [4.78, 5) is 19.8. The van der Waals surface area contributed by atoms with Crippen LogP contribution in [0, 0.1) is 0 Å². The number of H-pyrrole nitrogens is 1. The van der Waals surface area contributed by atoms with Gasteiger partial charge < -0.3 is 14.5 Å². The molecular weight excluding hydrogens is 364 g/mol. The number of nitrogens with zero attached hydrogens (tertiary/aromatic N) is 1. The fraction of sp³-hybridized carbons (Fsp3) is 0.143. The molecule has 2 aromatic heterocycles. The van der Waals surface area contributed by atoms with Crippen LogP contribution in [0.2, 0.25) is 5.15 Å². The summed E-state index contributed by atoms with van der Waals surface area (Å²) in [7, 11) is 1.60. The zero-order valence-corrected chi connectivity index (χ0v) is 15.4. The van der Waals surface area contributed by atoms with Crippen LogP contribution in [0.15, 0.2) is 54.7 Å². The van der Waals surface area contributed by atoms with Crippen molar-refractivity contribution in [2.75, 3.05) is 7.11 Å². The van der Waals surface area contributed by atoms with Crippen LogP contribution in [0.3, 0.4) is 0 Å². The number of methoxy groups -OCH3 is 1. The van der Waals surface area contributed by atoms with E-state index >= 15 is 0 Å². The molecule has 4 rings (SSSR count). The predicted octanol–water partition coefficient (Wildman–Crippen LogP) is 4.66. The summed E-state index contributed by atoms with van der Waals surface area (Å²) in [6.45, 7) is 0.0784. The smallest absolute Gasteiger partial charge is 0.310 e. The van der Waals surface area contributed by atoms with Gasteiger partial charge in [-0.1, -0.05) is 29.8 Å². The van der Waals surface area contributed by atoms with Crippen molar-refractivity contribution in [2.45, 2.75) is 13.0 Å². The third kappa shape index (κ3) is 3.59. The molecule has 0 saturated carbocycles. The van der Waals surface area contributed by atoms with Gasteiger partial charge in [0.1, 0.15) is 17.5 Å². The number of carbonyl (C=O) groups is 1. The number of carbonyl (C=O) groups excluding carboxylic acids is 1. The van der Waals surface area contributed by atoms with Crippen molar-refractivity contribution in [1.82, 2.24) is 9.97 Å². The average molecular weight is 381 g/mol. The SMILES string of the molecule is COc1ccc2cc(COC(=O)Cc3c[nH]c4ccccc34)c(Cl)nc2c1. The lowest BCUT2D eigenvalue weighted by atomic mass is 10.1. The zero-order valence-electron chi connectivity index (χ0n) is 14.7. The Kier molecular flexibility index (Phi) is 4.69. The molecule has 2 heterocycles. The molecule has 0 aliphatic carbocycles. The van der Waals surface area contributed by atoms with Crippen LogP contribution in [0.5, 0.6) is 5.75 Å². The molecule has 27 heavy (non-hydrogen) atoms. The van der Waals surface area contributed by atoms with Gasteiger partial charge in [0.05, 0.1) is 19.0 Å². The van der Waals surface area contributed by atoms with E-state index in [0.29, 0.717) is 16.5 Å². The van der Waals surface area contributed by atoms with Crippen molar-refractivity contribution in [2.24, 2.45) is 0 Å². The highest BCUT2D eigenvalue weighted by Crippen LogP contribution is 2.25. The molecule has 0 aliphatic rings. The number of aromatic nitrogens is 2. The summed E-state index contributed by atoms with van der Waals surface area (Å²) < 4.78 is 10.6. The Morgan fingerprint density at radius 2 is 2.00 bits per heavy atom. The molecule has 4 aromatic rings. The first kappa shape index (κ1) is 17.4. The molecule has 0 saturated heterocycles. The molecule has 0 atom stereocenters. The van der Waals surface area contributed by atoms with Crippen molar-refractivity contribution < 1.29 is 14.3 Å². The number of fused-ring (bicyclic) bond motifs is 2. The van der Waals surface area contributed by atoms with Crippen molar-refractivity contribution in [1.29, 1.82) is 0 Å². The van der Waals surface area contributed by atoms with Gasteiger partial charge in [-0.2, -0.15) is 0 Å². The van der Waals surface area contributed by atoms with E-state index in [1.807, 2.05) is 54.7 Å². The number of halogens is 1. The van der Waals surface area contributed by atoms with Gasteiger partial charge in [-0.3, -0.25) is 4.79 Å². The first-order chi connectivity index (χ1) is 13.1. The van der Waals surface area contributed by atoms with Gasteiger partial charge in [0.15, 0.2) is 0 Å². The molecule has 0 spiro atoms. The van der Waals surface area contributed by atoms with Gasteiger partial charge in [-0.05, 0) is 29.8 Å². The van der Waals surface area contributed by atoms with E-state index in [1.54, 1.807) is 7.11 Å². The summed E-state index contributed by atoms with van der Waals surface area (Å²) in [5.41, 5.74) is 3.30. The molecule has 0 bridgehead atoms. The minimum atomic E-state index is -0.314. The largest absolute Gasteiger partial charge is 0.497 e. The molecule has 5 nitrogen and oxygen atoms in total. The number of esters is 1. The quantitative estimate of drug-likeness (QED) is 0.404. The molecule has 0 aliphatic heterocycles. The summed E-state index contributed by atoms with van der Waals surface area (Å²) in [5.74, 6) is 0.398. The second kappa shape index (κ2) is 7.29. The molecule has 6 heteroatoms. The minimum Gasteiger partial charge on any atom is -0.497 e. The maximum atomic E-state index is 12.3. The third-order valence-electron chi connectivity index (χ3n) is 4.45. The number of ether oxygens (including phenoxy) is 2. The summed E-state index contributed by atoms with van der Waals surface area (Å²) in [5, 5.41) is 2.24. The number of hydrogen-bond donors (Lipinski definition) is 1. The molecule has 1 N–H and O–H groups in total. The number of pyridine rings is 1. The van der Waals surface area contributed by atoms with Gasteiger partial charge in [0.2, 0.25) is 0 Å². The van der Waals surface area contributed by atoms with Crippen LogP contribution < -0.4 is 4.74 Å².